The molecule has 4 rings (SSSR count). The molecular weight excluding hydrogens is 340 g/mol. The lowest BCUT2D eigenvalue weighted by Crippen LogP contribution is -2.24. The Labute approximate surface area is 159 Å². The van der Waals surface area contributed by atoms with E-state index < -0.39 is 0 Å². The number of rotatable bonds is 5. The van der Waals surface area contributed by atoms with Gasteiger partial charge in [-0.25, -0.2) is 0 Å². The van der Waals surface area contributed by atoms with E-state index in [1.165, 1.54) is 5.69 Å². The topological polar surface area (TPSA) is 63.3 Å². The molecule has 1 aliphatic heterocycles. The Balaban J connectivity index is 1.46. The van der Waals surface area contributed by atoms with Gasteiger partial charge in [0.2, 0.25) is 0 Å². The van der Waals surface area contributed by atoms with Crippen LogP contribution in [0.15, 0.2) is 34.7 Å². The highest BCUT2D eigenvalue weighted by Crippen LogP contribution is 2.22. The minimum absolute atomic E-state index is 0.134. The highest BCUT2D eigenvalue weighted by molar-refractivity contribution is 6.04. The van der Waals surface area contributed by atoms with Crippen molar-refractivity contribution >= 4 is 16.9 Å². The number of para-hydroxylation sites is 1. The zero-order chi connectivity index (χ0) is 18.8. The van der Waals surface area contributed by atoms with Gasteiger partial charge in [0.05, 0.1) is 23.5 Å². The Hall–Kier alpha value is -2.60. The summed E-state index contributed by atoms with van der Waals surface area (Å²) in [6.45, 7) is 8.63. The summed E-state index contributed by atoms with van der Waals surface area (Å²) < 4.78 is 7.79. The number of furan rings is 1. The van der Waals surface area contributed by atoms with Gasteiger partial charge in [-0.05, 0) is 44.5 Å². The van der Waals surface area contributed by atoms with Gasteiger partial charge in [0.1, 0.15) is 11.3 Å². The quantitative estimate of drug-likeness (QED) is 0.751. The Morgan fingerprint density at radius 3 is 3.04 bits per heavy atom. The Kier molecular flexibility index (Phi) is 4.99. The molecule has 27 heavy (non-hydrogen) atoms. The molecule has 3 heterocycles. The first-order valence-corrected chi connectivity index (χ1v) is 9.69. The number of benzene rings is 1. The largest absolute Gasteiger partial charge is 0.461 e. The van der Waals surface area contributed by atoms with Crippen molar-refractivity contribution in [3.05, 3.63) is 53.0 Å². The summed E-state index contributed by atoms with van der Waals surface area (Å²) in [6, 6.07) is 9.70. The van der Waals surface area contributed by atoms with E-state index in [1.54, 1.807) is 6.07 Å². The van der Waals surface area contributed by atoms with E-state index in [2.05, 4.69) is 33.0 Å². The van der Waals surface area contributed by atoms with E-state index in [4.69, 9.17) is 4.42 Å². The number of hydrogen-bond donors (Lipinski definition) is 1. The number of fused-ring (bicyclic) bond motifs is 2. The van der Waals surface area contributed by atoms with Crippen LogP contribution in [0.3, 0.4) is 0 Å². The van der Waals surface area contributed by atoms with Gasteiger partial charge in [0.15, 0.2) is 0 Å². The number of amides is 1. The number of aromatic nitrogens is 2. The van der Waals surface area contributed by atoms with Crippen molar-refractivity contribution in [2.45, 2.75) is 46.3 Å². The molecule has 0 atom stereocenters. The molecule has 1 aromatic carbocycles. The highest BCUT2D eigenvalue weighted by atomic mass is 16.3. The molecule has 0 fully saturated rings. The van der Waals surface area contributed by atoms with Crippen molar-refractivity contribution in [1.29, 1.82) is 0 Å². The summed E-state index contributed by atoms with van der Waals surface area (Å²) in [7, 11) is 0. The Bertz CT molecular complexity index is 956. The number of hydrogen-bond acceptors (Lipinski definition) is 4. The fourth-order valence-corrected chi connectivity index (χ4v) is 3.82. The van der Waals surface area contributed by atoms with E-state index in [0.29, 0.717) is 17.7 Å². The average molecular weight is 366 g/mol. The first kappa shape index (κ1) is 17.8. The van der Waals surface area contributed by atoms with Crippen LogP contribution in [0.5, 0.6) is 0 Å². The lowest BCUT2D eigenvalue weighted by Gasteiger charge is -2.17. The van der Waals surface area contributed by atoms with Crippen molar-refractivity contribution in [3.8, 4) is 0 Å². The molecule has 2 aromatic heterocycles. The molecule has 0 saturated heterocycles. The van der Waals surface area contributed by atoms with Crippen LogP contribution in [-0.4, -0.2) is 33.7 Å². The van der Waals surface area contributed by atoms with Crippen molar-refractivity contribution < 1.29 is 9.21 Å². The van der Waals surface area contributed by atoms with Gasteiger partial charge in [0, 0.05) is 25.0 Å². The predicted octanol–water partition coefficient (Wildman–Crippen LogP) is 3.48. The number of nitrogens with one attached hydrogen (secondary N) is 1. The van der Waals surface area contributed by atoms with Crippen molar-refractivity contribution in [2.24, 2.45) is 0 Å². The molecule has 0 bridgehead atoms. The molecule has 1 amide bonds. The fourth-order valence-electron chi connectivity index (χ4n) is 3.82. The standard InChI is InChI=1S/C21H26N4O2/c1-3-8-24-9-5-10-25-18(14-24)12-17(23-25)13-22-21(26)19-7-4-6-16-11-15(2)27-20(16)19/h4,6-7,11-12H,3,5,8-10,13-14H2,1-2H3,(H,22,26). The lowest BCUT2D eigenvalue weighted by atomic mass is 10.1. The summed E-state index contributed by atoms with van der Waals surface area (Å²) in [6.07, 6.45) is 2.27. The van der Waals surface area contributed by atoms with Gasteiger partial charge in [-0.1, -0.05) is 19.1 Å². The van der Waals surface area contributed by atoms with Crippen molar-refractivity contribution in [3.63, 3.8) is 0 Å². The van der Waals surface area contributed by atoms with Gasteiger partial charge in [-0.15, -0.1) is 0 Å². The zero-order valence-corrected chi connectivity index (χ0v) is 16.0. The van der Waals surface area contributed by atoms with Crippen molar-refractivity contribution in [2.75, 3.05) is 13.1 Å². The van der Waals surface area contributed by atoms with Crippen LogP contribution < -0.4 is 5.32 Å². The molecule has 0 spiro atoms. The summed E-state index contributed by atoms with van der Waals surface area (Å²) in [5, 5.41) is 8.63. The SMILES string of the molecule is CCCN1CCCn2nc(CNC(=O)c3cccc4cc(C)oc34)cc2C1. The Morgan fingerprint density at radius 1 is 1.30 bits per heavy atom. The van der Waals surface area contributed by atoms with E-state index in [0.717, 1.165) is 55.9 Å². The van der Waals surface area contributed by atoms with Gasteiger partial charge in [-0.2, -0.15) is 5.10 Å². The summed E-state index contributed by atoms with van der Waals surface area (Å²) in [5.41, 5.74) is 3.34. The number of carbonyl (C=O) groups excluding carboxylic acids is 1. The first-order chi connectivity index (χ1) is 13.1. The molecule has 0 unspecified atom stereocenters. The molecule has 142 valence electrons. The summed E-state index contributed by atoms with van der Waals surface area (Å²) in [4.78, 5) is 15.1. The fraction of sp³-hybridized carbons (Fsp3) is 0.429. The zero-order valence-electron chi connectivity index (χ0n) is 16.0. The maximum Gasteiger partial charge on any atom is 0.255 e. The second kappa shape index (κ2) is 7.56. The third kappa shape index (κ3) is 3.76. The minimum Gasteiger partial charge on any atom is -0.461 e. The van der Waals surface area contributed by atoms with Crippen LogP contribution in [0.1, 0.15) is 47.3 Å². The first-order valence-electron chi connectivity index (χ1n) is 9.69. The van der Waals surface area contributed by atoms with Crippen LogP contribution in [0.2, 0.25) is 0 Å². The molecule has 3 aromatic rings. The maximum atomic E-state index is 12.7. The maximum absolute atomic E-state index is 12.7. The molecule has 0 aliphatic carbocycles. The molecule has 0 radical (unpaired) electrons. The third-order valence-electron chi connectivity index (χ3n) is 5.03. The third-order valence-corrected chi connectivity index (χ3v) is 5.03. The Morgan fingerprint density at radius 2 is 2.19 bits per heavy atom. The smallest absolute Gasteiger partial charge is 0.255 e. The summed E-state index contributed by atoms with van der Waals surface area (Å²) >= 11 is 0. The molecule has 6 heteroatoms. The highest BCUT2D eigenvalue weighted by Gasteiger charge is 2.17. The second-order valence-corrected chi connectivity index (χ2v) is 7.24. The number of carbonyl (C=O) groups is 1. The van der Waals surface area contributed by atoms with E-state index in [-0.39, 0.29) is 5.91 Å². The van der Waals surface area contributed by atoms with Crippen LogP contribution in [0, 0.1) is 6.92 Å². The molecule has 1 aliphatic rings. The van der Waals surface area contributed by atoms with Gasteiger partial charge < -0.3 is 9.73 Å². The number of nitrogens with zero attached hydrogens (tertiary/aromatic N) is 3. The minimum atomic E-state index is -0.134. The van der Waals surface area contributed by atoms with Crippen LogP contribution in [0.25, 0.3) is 11.0 Å². The molecule has 0 saturated carbocycles. The second-order valence-electron chi connectivity index (χ2n) is 7.24. The molecule has 1 N–H and O–H groups in total. The molecule has 6 nitrogen and oxygen atoms in total. The lowest BCUT2D eigenvalue weighted by molar-refractivity contribution is 0.0951. The monoisotopic (exact) mass is 366 g/mol. The van der Waals surface area contributed by atoms with Crippen LogP contribution in [-0.2, 0) is 19.6 Å². The number of aryl methyl sites for hydroxylation is 2. The summed E-state index contributed by atoms with van der Waals surface area (Å²) in [5.74, 6) is 0.672. The van der Waals surface area contributed by atoms with Crippen LogP contribution in [0.4, 0.5) is 0 Å². The van der Waals surface area contributed by atoms with Gasteiger partial charge in [-0.3, -0.25) is 14.4 Å². The average Bonchev–Trinajstić information content (AvgIpc) is 3.16. The van der Waals surface area contributed by atoms with E-state index >= 15 is 0 Å². The van der Waals surface area contributed by atoms with Crippen molar-refractivity contribution in [1.82, 2.24) is 20.0 Å². The normalized spacial score (nSPS) is 14.9. The van der Waals surface area contributed by atoms with Crippen LogP contribution >= 0.6 is 0 Å². The van der Waals surface area contributed by atoms with Gasteiger partial charge in [0.25, 0.3) is 5.91 Å². The van der Waals surface area contributed by atoms with E-state index in [1.807, 2.05) is 25.1 Å². The van der Waals surface area contributed by atoms with E-state index in [9.17, 15) is 4.79 Å². The molecular formula is C21H26N4O2. The predicted molar refractivity (Wildman–Crippen MR) is 105 cm³/mol. The van der Waals surface area contributed by atoms with Gasteiger partial charge >= 0.3 is 0 Å².